The van der Waals surface area contributed by atoms with Crippen molar-refractivity contribution in [1.82, 2.24) is 10.3 Å². The maximum Gasteiger partial charge on any atom is 0.245 e. The molecule has 4 nitrogen and oxygen atoms in total. The lowest BCUT2D eigenvalue weighted by atomic mass is 10.2. The van der Waals surface area contributed by atoms with Crippen LogP contribution in [0.15, 0.2) is 5.38 Å². The smallest absolute Gasteiger partial charge is 0.245 e. The minimum atomic E-state index is 0.0175. The Morgan fingerprint density at radius 3 is 2.83 bits per heavy atom. The molecule has 1 aliphatic carbocycles. The van der Waals surface area contributed by atoms with Crippen LogP contribution in [-0.4, -0.2) is 29.5 Å². The van der Waals surface area contributed by atoms with Gasteiger partial charge in [-0.25, -0.2) is 4.98 Å². The molecular formula is C13H19N3OS. The first kappa shape index (κ1) is 12.1. The molecule has 1 amide bonds. The zero-order valence-electron chi connectivity index (χ0n) is 10.8. The van der Waals surface area contributed by atoms with Crippen molar-refractivity contribution >= 4 is 22.4 Å². The van der Waals surface area contributed by atoms with E-state index in [2.05, 4.69) is 29.5 Å². The summed E-state index contributed by atoms with van der Waals surface area (Å²) in [4.78, 5) is 18.7. The molecule has 0 spiro atoms. The summed E-state index contributed by atoms with van der Waals surface area (Å²) in [6, 6.07) is 0.602. The normalized spacial score (nSPS) is 24.3. The lowest BCUT2D eigenvalue weighted by Gasteiger charge is -2.13. The minimum Gasteiger partial charge on any atom is -0.303 e. The Morgan fingerprint density at radius 1 is 1.44 bits per heavy atom. The van der Waals surface area contributed by atoms with Gasteiger partial charge in [-0.05, 0) is 25.2 Å². The Labute approximate surface area is 111 Å². The molecular weight excluding hydrogens is 246 g/mol. The number of thiazole rings is 1. The van der Waals surface area contributed by atoms with Gasteiger partial charge >= 0.3 is 0 Å². The summed E-state index contributed by atoms with van der Waals surface area (Å²) in [5.74, 6) is 0.625. The minimum absolute atomic E-state index is 0.0175. The molecule has 0 bridgehead atoms. The predicted octanol–water partition coefficient (Wildman–Crippen LogP) is 2.12. The predicted molar refractivity (Wildman–Crippen MR) is 73.1 cm³/mol. The highest BCUT2D eigenvalue weighted by Crippen LogP contribution is 2.29. The SMILES string of the molecule is CC(C)c1csc(N2CCC(NC3CC3)C2=O)n1. The largest absolute Gasteiger partial charge is 0.303 e. The quantitative estimate of drug-likeness (QED) is 0.907. The molecule has 5 heteroatoms. The van der Waals surface area contributed by atoms with Crippen LogP contribution in [0.1, 0.15) is 44.7 Å². The number of amides is 1. The van der Waals surface area contributed by atoms with Crippen molar-refractivity contribution in [2.45, 2.75) is 51.1 Å². The van der Waals surface area contributed by atoms with E-state index < -0.39 is 0 Å². The Hall–Kier alpha value is -0.940. The molecule has 98 valence electrons. The van der Waals surface area contributed by atoms with E-state index in [4.69, 9.17) is 0 Å². The van der Waals surface area contributed by atoms with Gasteiger partial charge in [0.05, 0.1) is 11.7 Å². The van der Waals surface area contributed by atoms with Gasteiger partial charge in [-0.3, -0.25) is 9.69 Å². The summed E-state index contributed by atoms with van der Waals surface area (Å²) >= 11 is 1.58. The second kappa shape index (κ2) is 4.63. The maximum absolute atomic E-state index is 12.3. The lowest BCUT2D eigenvalue weighted by Crippen LogP contribution is -2.39. The summed E-state index contributed by atoms with van der Waals surface area (Å²) < 4.78 is 0. The molecule has 18 heavy (non-hydrogen) atoms. The first-order valence-electron chi connectivity index (χ1n) is 6.68. The number of rotatable bonds is 4. The first-order chi connectivity index (χ1) is 8.65. The van der Waals surface area contributed by atoms with Crippen LogP contribution < -0.4 is 10.2 Å². The summed E-state index contributed by atoms with van der Waals surface area (Å²) in [6.07, 6.45) is 3.35. The van der Waals surface area contributed by atoms with Crippen molar-refractivity contribution in [3.05, 3.63) is 11.1 Å². The lowest BCUT2D eigenvalue weighted by molar-refractivity contribution is -0.118. The van der Waals surface area contributed by atoms with Crippen LogP contribution >= 0.6 is 11.3 Å². The summed E-state index contributed by atoms with van der Waals surface area (Å²) in [6.45, 7) is 5.05. The van der Waals surface area contributed by atoms with E-state index in [1.54, 1.807) is 11.3 Å². The van der Waals surface area contributed by atoms with E-state index >= 15 is 0 Å². The number of aromatic nitrogens is 1. The molecule has 1 aromatic rings. The van der Waals surface area contributed by atoms with E-state index in [0.717, 1.165) is 23.8 Å². The third-order valence-corrected chi connectivity index (χ3v) is 4.43. The van der Waals surface area contributed by atoms with Gasteiger partial charge in [-0.1, -0.05) is 13.8 Å². The fourth-order valence-electron chi connectivity index (χ4n) is 2.22. The second-order valence-electron chi connectivity index (χ2n) is 5.48. The van der Waals surface area contributed by atoms with Crippen LogP contribution in [-0.2, 0) is 4.79 Å². The standard InChI is InChI=1S/C13H19N3OS/c1-8(2)11-7-18-13(15-11)16-6-5-10(12(16)17)14-9-3-4-9/h7-10,14H,3-6H2,1-2H3. The van der Waals surface area contributed by atoms with E-state index in [1.165, 1.54) is 12.8 Å². The van der Waals surface area contributed by atoms with Crippen molar-refractivity contribution in [2.75, 3.05) is 11.4 Å². The molecule has 2 heterocycles. The van der Waals surface area contributed by atoms with Gasteiger partial charge < -0.3 is 5.32 Å². The molecule has 1 saturated carbocycles. The zero-order chi connectivity index (χ0) is 12.7. The third-order valence-electron chi connectivity index (χ3n) is 3.55. The fraction of sp³-hybridized carbons (Fsp3) is 0.692. The van der Waals surface area contributed by atoms with E-state index in [1.807, 2.05) is 4.90 Å². The molecule has 0 radical (unpaired) electrons. The Morgan fingerprint density at radius 2 is 2.22 bits per heavy atom. The monoisotopic (exact) mass is 265 g/mol. The molecule has 0 aromatic carbocycles. The molecule has 2 aliphatic rings. The number of nitrogens with zero attached hydrogens (tertiary/aromatic N) is 2. The highest BCUT2D eigenvalue weighted by atomic mass is 32.1. The Bertz CT molecular complexity index is 453. The van der Waals surface area contributed by atoms with Gasteiger partial charge in [0.25, 0.3) is 0 Å². The molecule has 1 N–H and O–H groups in total. The molecule has 1 aliphatic heterocycles. The van der Waals surface area contributed by atoms with Crippen LogP contribution in [0.25, 0.3) is 0 Å². The summed E-state index contributed by atoms with van der Waals surface area (Å²) in [7, 11) is 0. The van der Waals surface area contributed by atoms with Gasteiger partial charge in [-0.2, -0.15) is 0 Å². The van der Waals surface area contributed by atoms with Crippen molar-refractivity contribution in [3.8, 4) is 0 Å². The summed E-state index contributed by atoms with van der Waals surface area (Å²) in [5.41, 5.74) is 1.08. The highest BCUT2D eigenvalue weighted by Gasteiger charge is 2.37. The maximum atomic E-state index is 12.3. The van der Waals surface area contributed by atoms with Crippen molar-refractivity contribution in [1.29, 1.82) is 0 Å². The number of hydrogen-bond acceptors (Lipinski definition) is 4. The van der Waals surface area contributed by atoms with Gasteiger partial charge in [0.15, 0.2) is 5.13 Å². The van der Waals surface area contributed by atoms with Gasteiger partial charge in [-0.15, -0.1) is 11.3 Å². The van der Waals surface area contributed by atoms with Gasteiger partial charge in [0.1, 0.15) is 0 Å². The topological polar surface area (TPSA) is 45.2 Å². The van der Waals surface area contributed by atoms with Crippen LogP contribution in [0.3, 0.4) is 0 Å². The number of carbonyl (C=O) groups excluding carboxylic acids is 1. The highest BCUT2D eigenvalue weighted by molar-refractivity contribution is 7.14. The molecule has 1 atom stereocenters. The molecule has 1 aromatic heterocycles. The van der Waals surface area contributed by atoms with E-state index in [9.17, 15) is 4.79 Å². The molecule has 1 saturated heterocycles. The first-order valence-corrected chi connectivity index (χ1v) is 7.56. The van der Waals surface area contributed by atoms with Crippen LogP contribution in [0.4, 0.5) is 5.13 Å². The third kappa shape index (κ3) is 2.29. The van der Waals surface area contributed by atoms with Crippen LogP contribution in [0.5, 0.6) is 0 Å². The van der Waals surface area contributed by atoms with Crippen LogP contribution in [0.2, 0.25) is 0 Å². The molecule has 3 rings (SSSR count). The Kier molecular flexibility index (Phi) is 3.11. The fourth-order valence-corrected chi connectivity index (χ4v) is 3.24. The van der Waals surface area contributed by atoms with E-state index in [0.29, 0.717) is 12.0 Å². The average Bonchev–Trinajstić information content (AvgIpc) is 2.87. The van der Waals surface area contributed by atoms with Crippen LogP contribution in [0, 0.1) is 0 Å². The van der Waals surface area contributed by atoms with Crippen molar-refractivity contribution in [3.63, 3.8) is 0 Å². The molecule has 2 fully saturated rings. The average molecular weight is 265 g/mol. The summed E-state index contributed by atoms with van der Waals surface area (Å²) in [5, 5.41) is 6.35. The molecule has 1 unspecified atom stereocenters. The number of anilines is 1. The zero-order valence-corrected chi connectivity index (χ0v) is 11.7. The van der Waals surface area contributed by atoms with Crippen molar-refractivity contribution in [2.24, 2.45) is 0 Å². The van der Waals surface area contributed by atoms with E-state index in [-0.39, 0.29) is 11.9 Å². The second-order valence-corrected chi connectivity index (χ2v) is 6.32. The van der Waals surface area contributed by atoms with Gasteiger partial charge in [0, 0.05) is 18.0 Å². The van der Waals surface area contributed by atoms with Crippen molar-refractivity contribution < 1.29 is 4.79 Å². The number of nitrogens with one attached hydrogen (secondary N) is 1. The number of hydrogen-bond donors (Lipinski definition) is 1. The van der Waals surface area contributed by atoms with Gasteiger partial charge in [0.2, 0.25) is 5.91 Å². The number of carbonyl (C=O) groups is 1. The Balaban J connectivity index is 1.70.